The fraction of sp³-hybridized carbons (Fsp3) is 0.357. The van der Waals surface area contributed by atoms with E-state index in [2.05, 4.69) is 20.0 Å². The lowest BCUT2D eigenvalue weighted by atomic mass is 10.0. The van der Waals surface area contributed by atoms with Crippen LogP contribution in [0.25, 0.3) is 22.4 Å². The van der Waals surface area contributed by atoms with E-state index in [1.54, 1.807) is 25.1 Å². The van der Waals surface area contributed by atoms with E-state index in [1.807, 2.05) is 55.5 Å². The van der Waals surface area contributed by atoms with Crippen LogP contribution < -0.4 is 5.32 Å². The van der Waals surface area contributed by atoms with Gasteiger partial charge in [0, 0.05) is 25.6 Å². The van der Waals surface area contributed by atoms with E-state index >= 15 is 0 Å². The maximum absolute atomic E-state index is 13.3. The number of carbonyl (C=O) groups excluding carboxylic acids is 3. The number of benzene rings is 2. The molecule has 1 aliphatic rings. The number of H-pyrrole nitrogens is 1. The zero-order valence-corrected chi connectivity index (χ0v) is 21.5. The first-order chi connectivity index (χ1) is 17.8. The van der Waals surface area contributed by atoms with Crippen molar-refractivity contribution in [3.05, 3.63) is 66.1 Å². The van der Waals surface area contributed by atoms with Crippen molar-refractivity contribution in [3.8, 4) is 22.4 Å². The number of nitrogens with one attached hydrogen (secondary N) is 2. The standard InChI is InChI=1S/C28H32N4O5/c1-5-23(31-28(35)37-4)27(34)32-16-22(36-3)14-25(32)26-29-15-24(30-26)21-12-10-20(11-13-21)19-8-6-18(7-9-19)17(2)33/h6-13,15,22-23,25H,5,14,16H2,1-4H3,(H,29,30)(H,31,35)/t22-,23-,25-/m0/s1. The molecule has 4 rings (SSSR count). The van der Waals surface area contributed by atoms with Crippen LogP contribution in [0.15, 0.2) is 54.7 Å². The number of hydrogen-bond donors (Lipinski definition) is 2. The number of carbonyl (C=O) groups is 3. The molecule has 2 aromatic carbocycles. The third-order valence-electron chi connectivity index (χ3n) is 6.79. The largest absolute Gasteiger partial charge is 0.453 e. The highest BCUT2D eigenvalue weighted by molar-refractivity contribution is 5.94. The zero-order valence-electron chi connectivity index (χ0n) is 21.5. The van der Waals surface area contributed by atoms with Gasteiger partial charge < -0.3 is 24.7 Å². The summed E-state index contributed by atoms with van der Waals surface area (Å²) in [5.41, 5.74) is 4.55. The van der Waals surface area contributed by atoms with Crippen molar-refractivity contribution in [2.24, 2.45) is 0 Å². The highest BCUT2D eigenvalue weighted by Gasteiger charge is 2.40. The average molecular weight is 505 g/mol. The number of hydrogen-bond acceptors (Lipinski definition) is 6. The Balaban J connectivity index is 1.53. The van der Waals surface area contributed by atoms with Crippen LogP contribution in [0.5, 0.6) is 0 Å². The van der Waals surface area contributed by atoms with E-state index in [4.69, 9.17) is 4.74 Å². The molecule has 9 nitrogen and oxygen atoms in total. The lowest BCUT2D eigenvalue weighted by Gasteiger charge is -2.27. The molecule has 1 aromatic heterocycles. The van der Waals surface area contributed by atoms with Gasteiger partial charge in [0.05, 0.1) is 31.1 Å². The van der Waals surface area contributed by atoms with Gasteiger partial charge in [0.25, 0.3) is 0 Å². The Morgan fingerprint density at radius 3 is 2.24 bits per heavy atom. The van der Waals surface area contributed by atoms with E-state index < -0.39 is 12.1 Å². The van der Waals surface area contributed by atoms with Crippen LogP contribution in [0.4, 0.5) is 4.79 Å². The predicted octanol–water partition coefficient (Wildman–Crippen LogP) is 4.37. The minimum atomic E-state index is -0.697. The molecular weight excluding hydrogens is 472 g/mol. The first-order valence-electron chi connectivity index (χ1n) is 12.3. The molecule has 194 valence electrons. The van der Waals surface area contributed by atoms with Crippen LogP contribution in [0.1, 0.15) is 48.9 Å². The smallest absolute Gasteiger partial charge is 0.407 e. The summed E-state index contributed by atoms with van der Waals surface area (Å²) in [6.07, 6.45) is 2.02. The number of methoxy groups -OCH3 is 2. The highest BCUT2D eigenvalue weighted by atomic mass is 16.5. The molecule has 3 aromatic rings. The second kappa shape index (κ2) is 11.4. The van der Waals surface area contributed by atoms with Crippen LogP contribution in [-0.4, -0.2) is 65.6 Å². The molecule has 0 bridgehead atoms. The molecule has 0 radical (unpaired) electrons. The maximum Gasteiger partial charge on any atom is 0.407 e. The maximum atomic E-state index is 13.3. The van der Waals surface area contributed by atoms with Gasteiger partial charge in [-0.2, -0.15) is 0 Å². The molecule has 9 heteroatoms. The zero-order chi connectivity index (χ0) is 26.5. The Hall–Kier alpha value is -3.98. The molecule has 1 saturated heterocycles. The van der Waals surface area contributed by atoms with Gasteiger partial charge in [-0.15, -0.1) is 0 Å². The highest BCUT2D eigenvalue weighted by Crippen LogP contribution is 2.34. The molecule has 0 unspecified atom stereocenters. The van der Waals surface area contributed by atoms with Gasteiger partial charge in [0.1, 0.15) is 11.9 Å². The molecular formula is C28H32N4O5. The minimum absolute atomic E-state index is 0.0428. The van der Waals surface area contributed by atoms with Gasteiger partial charge >= 0.3 is 6.09 Å². The summed E-state index contributed by atoms with van der Waals surface area (Å²) >= 11 is 0. The van der Waals surface area contributed by atoms with Crippen LogP contribution in [-0.2, 0) is 14.3 Å². The molecule has 2 N–H and O–H groups in total. The Morgan fingerprint density at radius 2 is 1.68 bits per heavy atom. The average Bonchev–Trinajstić information content (AvgIpc) is 3.59. The first-order valence-corrected chi connectivity index (χ1v) is 12.3. The number of aromatic nitrogens is 2. The number of likely N-dealkylation sites (tertiary alicyclic amines) is 1. The fourth-order valence-corrected chi connectivity index (χ4v) is 4.60. The summed E-state index contributed by atoms with van der Waals surface area (Å²) in [6, 6.07) is 14.6. The lowest BCUT2D eigenvalue weighted by molar-refractivity contribution is -0.134. The molecule has 1 fully saturated rings. The van der Waals surface area contributed by atoms with Crippen molar-refractivity contribution in [2.45, 2.75) is 44.9 Å². The molecule has 0 saturated carbocycles. The number of nitrogens with zero attached hydrogens (tertiary/aromatic N) is 2. The number of ketones is 1. The third-order valence-corrected chi connectivity index (χ3v) is 6.79. The summed E-state index contributed by atoms with van der Waals surface area (Å²) in [4.78, 5) is 46.3. The number of rotatable bonds is 8. The van der Waals surface area contributed by atoms with Crippen molar-refractivity contribution in [2.75, 3.05) is 20.8 Å². The van der Waals surface area contributed by atoms with Crippen molar-refractivity contribution < 1.29 is 23.9 Å². The molecule has 0 aliphatic carbocycles. The predicted molar refractivity (Wildman–Crippen MR) is 139 cm³/mol. The Kier molecular flexibility index (Phi) is 8.03. The number of ether oxygens (including phenoxy) is 2. The lowest BCUT2D eigenvalue weighted by Crippen LogP contribution is -2.48. The second-order valence-corrected chi connectivity index (χ2v) is 9.09. The number of aromatic amines is 1. The van der Waals surface area contributed by atoms with E-state index in [9.17, 15) is 14.4 Å². The Bertz CT molecular complexity index is 1250. The Morgan fingerprint density at radius 1 is 1.05 bits per heavy atom. The fourth-order valence-electron chi connectivity index (χ4n) is 4.60. The summed E-state index contributed by atoms with van der Waals surface area (Å²) in [5, 5.41) is 2.62. The van der Waals surface area contributed by atoms with Gasteiger partial charge in [0.15, 0.2) is 5.78 Å². The quantitative estimate of drug-likeness (QED) is 0.441. The number of imidazole rings is 1. The second-order valence-electron chi connectivity index (χ2n) is 9.09. The number of amides is 2. The van der Waals surface area contributed by atoms with Crippen molar-refractivity contribution >= 4 is 17.8 Å². The van der Waals surface area contributed by atoms with Gasteiger partial charge in [-0.3, -0.25) is 9.59 Å². The first kappa shape index (κ1) is 26.1. The SMILES string of the molecule is CC[C@H](NC(=O)OC)C(=O)N1C[C@@H](OC)C[C@H]1c1ncc(-c2ccc(-c3ccc(C(C)=O)cc3)cc2)[nH]1. The van der Waals surface area contributed by atoms with Crippen molar-refractivity contribution in [1.82, 2.24) is 20.2 Å². The topological polar surface area (TPSA) is 114 Å². The van der Waals surface area contributed by atoms with E-state index in [-0.39, 0.29) is 23.8 Å². The molecule has 3 atom stereocenters. The van der Waals surface area contributed by atoms with Gasteiger partial charge in [-0.05, 0) is 30.0 Å². The van der Waals surface area contributed by atoms with Crippen molar-refractivity contribution in [3.63, 3.8) is 0 Å². The Labute approximate surface area is 216 Å². The third kappa shape index (κ3) is 5.72. The monoisotopic (exact) mass is 504 g/mol. The normalized spacial score (nSPS) is 17.9. The van der Waals surface area contributed by atoms with E-state index in [0.717, 1.165) is 22.4 Å². The van der Waals surface area contributed by atoms with Crippen molar-refractivity contribution in [1.29, 1.82) is 0 Å². The van der Waals surface area contributed by atoms with Gasteiger partial charge in [-0.25, -0.2) is 9.78 Å². The van der Waals surface area contributed by atoms with Gasteiger partial charge in [0.2, 0.25) is 5.91 Å². The number of Topliss-reactive ketones (excluding diaryl/α,β-unsaturated/α-hetero) is 1. The number of alkyl carbamates (subject to hydrolysis) is 1. The molecule has 1 aliphatic heterocycles. The summed E-state index contributed by atoms with van der Waals surface area (Å²) in [6.45, 7) is 3.80. The van der Waals surface area contributed by atoms with Crippen LogP contribution in [0, 0.1) is 0 Å². The minimum Gasteiger partial charge on any atom is -0.453 e. The van der Waals surface area contributed by atoms with Crippen LogP contribution in [0.3, 0.4) is 0 Å². The molecule has 0 spiro atoms. The van der Waals surface area contributed by atoms with E-state index in [0.29, 0.717) is 30.8 Å². The van der Waals surface area contributed by atoms with Crippen LogP contribution >= 0.6 is 0 Å². The summed E-state index contributed by atoms with van der Waals surface area (Å²) in [7, 11) is 2.90. The molecule has 2 amide bonds. The molecule has 37 heavy (non-hydrogen) atoms. The molecule has 2 heterocycles. The van der Waals surface area contributed by atoms with E-state index in [1.165, 1.54) is 7.11 Å². The van der Waals surface area contributed by atoms with Gasteiger partial charge in [-0.1, -0.05) is 55.5 Å². The summed E-state index contributed by atoms with van der Waals surface area (Å²) < 4.78 is 10.2. The summed E-state index contributed by atoms with van der Waals surface area (Å²) in [5.74, 6) is 0.511. The van der Waals surface area contributed by atoms with Crippen LogP contribution in [0.2, 0.25) is 0 Å².